The predicted octanol–water partition coefficient (Wildman–Crippen LogP) is 5.50. The Kier molecular flexibility index (Phi) is 7.50. The number of hydrogen-bond acceptors (Lipinski definition) is 6. The van der Waals surface area contributed by atoms with Crippen LogP contribution >= 0.6 is 35.0 Å². The maximum atomic E-state index is 12.7. The van der Waals surface area contributed by atoms with E-state index in [9.17, 15) is 14.7 Å². The Morgan fingerprint density at radius 1 is 1.28 bits per heavy atom. The van der Waals surface area contributed by atoms with Crippen LogP contribution in [0.1, 0.15) is 15.9 Å². The van der Waals surface area contributed by atoms with Gasteiger partial charge >= 0.3 is 5.97 Å². The van der Waals surface area contributed by atoms with Gasteiger partial charge in [-0.15, -0.1) is 0 Å². The van der Waals surface area contributed by atoms with Crippen molar-refractivity contribution in [3.05, 3.63) is 69.1 Å². The monoisotopic (exact) mass is 492 g/mol. The highest BCUT2D eigenvalue weighted by Gasteiger charge is 2.30. The molecule has 0 atom stereocenters. The van der Waals surface area contributed by atoms with Gasteiger partial charge in [0.1, 0.15) is 6.61 Å². The molecular weight excluding hydrogens is 475 g/mol. The molecule has 7 nitrogen and oxygen atoms in total. The largest absolute Gasteiger partial charge is 0.493 e. The van der Waals surface area contributed by atoms with Gasteiger partial charge in [-0.3, -0.25) is 9.69 Å². The van der Waals surface area contributed by atoms with Gasteiger partial charge < -0.3 is 14.6 Å². The van der Waals surface area contributed by atoms with Crippen molar-refractivity contribution < 1.29 is 24.2 Å². The predicted molar refractivity (Wildman–Crippen MR) is 128 cm³/mol. The number of carboxylic acid groups (broad SMARTS) is 1. The number of amidine groups is 1. The van der Waals surface area contributed by atoms with Crippen molar-refractivity contribution >= 4 is 63.8 Å². The number of amides is 1. The molecule has 1 saturated heterocycles. The minimum atomic E-state index is -1.16. The average molecular weight is 493 g/mol. The lowest BCUT2D eigenvalue weighted by molar-refractivity contribution is -0.121. The lowest BCUT2D eigenvalue weighted by Gasteiger charge is -2.12. The van der Waals surface area contributed by atoms with Gasteiger partial charge in [0.2, 0.25) is 0 Å². The van der Waals surface area contributed by atoms with Gasteiger partial charge in [-0.2, -0.15) is 0 Å². The van der Waals surface area contributed by atoms with Gasteiger partial charge in [-0.25, -0.2) is 9.79 Å². The van der Waals surface area contributed by atoms with E-state index in [0.717, 1.165) is 11.8 Å². The molecule has 3 rings (SSSR count). The van der Waals surface area contributed by atoms with Crippen LogP contribution in [0, 0.1) is 0 Å². The minimum Gasteiger partial charge on any atom is -0.493 e. The number of rotatable bonds is 7. The molecule has 0 bridgehead atoms. The number of nitrogens with zero attached hydrogens (tertiary/aromatic N) is 2. The number of ether oxygens (including phenoxy) is 2. The summed E-state index contributed by atoms with van der Waals surface area (Å²) in [5, 5.41) is 10.1. The number of benzene rings is 2. The van der Waals surface area contributed by atoms with Crippen molar-refractivity contribution in [1.82, 2.24) is 4.90 Å². The highest BCUT2D eigenvalue weighted by Crippen LogP contribution is 2.39. The standard InChI is InChI=1S/C22H18Cl2N2O5S/c1-4-7-31-19-16(24)8-12(9-17(19)30-3)10-18-20(27)26(2)22(32-18)25-13-5-6-15(23)14(11-13)21(28)29/h4-6,8-11H,1,7H2,2-3H3,(H,28,29)/b18-10-,25-22?. The molecule has 1 aliphatic heterocycles. The third kappa shape index (κ3) is 5.09. The highest BCUT2D eigenvalue weighted by molar-refractivity contribution is 8.18. The summed E-state index contributed by atoms with van der Waals surface area (Å²) in [4.78, 5) is 30.2. The Morgan fingerprint density at radius 2 is 2.03 bits per heavy atom. The molecule has 1 heterocycles. The second-order valence-electron chi connectivity index (χ2n) is 6.47. The summed E-state index contributed by atoms with van der Waals surface area (Å²) in [7, 11) is 3.08. The number of aliphatic imine (C=N–C) groups is 1. The van der Waals surface area contributed by atoms with Crippen LogP contribution in [0.15, 0.2) is 52.9 Å². The fraction of sp³-hybridized carbons (Fsp3) is 0.136. The lowest BCUT2D eigenvalue weighted by Crippen LogP contribution is -2.23. The molecule has 0 aliphatic carbocycles. The summed E-state index contributed by atoms with van der Waals surface area (Å²) in [5.41, 5.74) is 0.938. The van der Waals surface area contributed by atoms with Crippen molar-refractivity contribution in [1.29, 1.82) is 0 Å². The zero-order valence-electron chi connectivity index (χ0n) is 17.1. The van der Waals surface area contributed by atoms with E-state index in [-0.39, 0.29) is 23.1 Å². The van der Waals surface area contributed by atoms with Crippen molar-refractivity contribution in [2.75, 3.05) is 20.8 Å². The third-order valence-corrected chi connectivity index (χ3v) is 5.97. The van der Waals surface area contributed by atoms with Crippen molar-refractivity contribution in [3.8, 4) is 11.5 Å². The van der Waals surface area contributed by atoms with E-state index in [1.54, 1.807) is 37.4 Å². The number of likely N-dealkylation sites (N-methyl/N-ethyl adjacent to an activating group) is 1. The molecule has 1 aliphatic rings. The van der Waals surface area contributed by atoms with Gasteiger partial charge in [-0.1, -0.05) is 35.9 Å². The minimum absolute atomic E-state index is 0.0678. The van der Waals surface area contributed by atoms with Gasteiger partial charge in [0, 0.05) is 7.05 Å². The van der Waals surface area contributed by atoms with Crippen LogP contribution in [-0.2, 0) is 4.79 Å². The van der Waals surface area contributed by atoms with E-state index in [1.165, 1.54) is 24.1 Å². The lowest BCUT2D eigenvalue weighted by atomic mass is 10.2. The first kappa shape index (κ1) is 23.7. The zero-order valence-corrected chi connectivity index (χ0v) is 19.4. The van der Waals surface area contributed by atoms with E-state index in [1.807, 2.05) is 0 Å². The second-order valence-corrected chi connectivity index (χ2v) is 8.30. The van der Waals surface area contributed by atoms with Gasteiger partial charge in [0.15, 0.2) is 16.7 Å². The third-order valence-electron chi connectivity index (χ3n) is 4.30. The van der Waals surface area contributed by atoms with Crippen LogP contribution in [0.25, 0.3) is 6.08 Å². The van der Waals surface area contributed by atoms with Crippen molar-refractivity contribution in [3.63, 3.8) is 0 Å². The highest BCUT2D eigenvalue weighted by atomic mass is 35.5. The number of hydrogen-bond donors (Lipinski definition) is 1. The molecule has 0 unspecified atom stereocenters. The number of carbonyl (C=O) groups excluding carboxylic acids is 1. The topological polar surface area (TPSA) is 88.4 Å². The van der Waals surface area contributed by atoms with E-state index in [4.69, 9.17) is 32.7 Å². The summed E-state index contributed by atoms with van der Waals surface area (Å²) in [6.45, 7) is 3.87. The number of aromatic carboxylic acids is 1. The number of thioether (sulfide) groups is 1. The summed E-state index contributed by atoms with van der Waals surface area (Å²) in [6.07, 6.45) is 3.26. The Hall–Kier alpha value is -2.94. The molecular formula is C22H18Cl2N2O5S. The molecule has 0 saturated carbocycles. The van der Waals surface area contributed by atoms with Crippen LogP contribution in [0.2, 0.25) is 10.0 Å². The van der Waals surface area contributed by atoms with E-state index in [2.05, 4.69) is 11.6 Å². The summed E-state index contributed by atoms with van der Waals surface area (Å²) in [6, 6.07) is 7.75. The van der Waals surface area contributed by atoms with Gasteiger partial charge in [0.25, 0.3) is 5.91 Å². The average Bonchev–Trinajstić information content (AvgIpc) is 3.01. The van der Waals surface area contributed by atoms with Crippen LogP contribution in [-0.4, -0.2) is 47.8 Å². The number of methoxy groups -OCH3 is 1. The van der Waals surface area contributed by atoms with Crippen LogP contribution in [0.3, 0.4) is 0 Å². The normalized spacial score (nSPS) is 16.0. The number of carbonyl (C=O) groups is 2. The first-order chi connectivity index (χ1) is 15.2. The molecule has 1 amide bonds. The van der Waals surface area contributed by atoms with Gasteiger partial charge in [-0.05, 0) is 53.7 Å². The molecule has 10 heteroatoms. The molecule has 1 N–H and O–H groups in total. The molecule has 0 radical (unpaired) electrons. The fourth-order valence-electron chi connectivity index (χ4n) is 2.77. The van der Waals surface area contributed by atoms with Crippen LogP contribution < -0.4 is 9.47 Å². The molecule has 166 valence electrons. The van der Waals surface area contributed by atoms with Crippen molar-refractivity contribution in [2.24, 2.45) is 4.99 Å². The Morgan fingerprint density at radius 3 is 2.69 bits per heavy atom. The van der Waals surface area contributed by atoms with E-state index < -0.39 is 5.97 Å². The maximum absolute atomic E-state index is 12.7. The fourth-order valence-corrected chi connectivity index (χ4v) is 4.22. The molecule has 0 aromatic heterocycles. The Labute approximate surface area is 198 Å². The Bertz CT molecular complexity index is 1160. The summed E-state index contributed by atoms with van der Waals surface area (Å²) >= 11 is 13.4. The zero-order chi connectivity index (χ0) is 23.4. The molecule has 0 spiro atoms. The first-order valence-electron chi connectivity index (χ1n) is 9.15. The van der Waals surface area contributed by atoms with E-state index in [0.29, 0.717) is 37.8 Å². The summed E-state index contributed by atoms with van der Waals surface area (Å²) < 4.78 is 10.9. The Balaban J connectivity index is 1.93. The molecule has 2 aromatic rings. The summed E-state index contributed by atoms with van der Waals surface area (Å²) in [5.74, 6) is -0.611. The first-order valence-corrected chi connectivity index (χ1v) is 10.7. The second kappa shape index (κ2) is 10.1. The SMILES string of the molecule is C=CCOc1c(Cl)cc(/C=C2\SC(=Nc3ccc(Cl)c(C(=O)O)c3)N(C)C2=O)cc1OC. The molecule has 2 aromatic carbocycles. The quantitative estimate of drug-likeness (QED) is 0.405. The van der Waals surface area contributed by atoms with Crippen LogP contribution in [0.5, 0.6) is 11.5 Å². The van der Waals surface area contributed by atoms with Gasteiger partial charge in [0.05, 0.1) is 33.3 Å². The van der Waals surface area contributed by atoms with Crippen molar-refractivity contribution in [2.45, 2.75) is 0 Å². The molecule has 1 fully saturated rings. The van der Waals surface area contributed by atoms with Crippen LogP contribution in [0.4, 0.5) is 5.69 Å². The maximum Gasteiger partial charge on any atom is 0.337 e. The smallest absolute Gasteiger partial charge is 0.337 e. The van der Waals surface area contributed by atoms with E-state index >= 15 is 0 Å². The molecule has 32 heavy (non-hydrogen) atoms. The number of halogens is 2. The number of carboxylic acids is 1.